The van der Waals surface area contributed by atoms with E-state index in [1.54, 1.807) is 34.4 Å². The van der Waals surface area contributed by atoms with Crippen LogP contribution in [0, 0.1) is 0 Å². The first kappa shape index (κ1) is 16.9. The van der Waals surface area contributed by atoms with Crippen LogP contribution in [0.15, 0.2) is 29.6 Å². The van der Waals surface area contributed by atoms with E-state index < -0.39 is 0 Å². The fourth-order valence-electron chi connectivity index (χ4n) is 3.40. The van der Waals surface area contributed by atoms with Crippen LogP contribution < -0.4 is 25.4 Å². The number of nitrogen functional groups attached to an aromatic ring is 1. The number of carbonyl (C=O) groups is 1. The minimum absolute atomic E-state index is 0.138. The zero-order valence-electron chi connectivity index (χ0n) is 14.9. The van der Waals surface area contributed by atoms with E-state index in [0.717, 1.165) is 16.0 Å². The topological polar surface area (TPSA) is 106 Å². The molecule has 2 amide bonds. The largest absolute Gasteiger partial charge is 0.454 e. The average molecular weight is 398 g/mol. The summed E-state index contributed by atoms with van der Waals surface area (Å²) < 4.78 is 10.6. The molecule has 0 bridgehead atoms. The summed E-state index contributed by atoms with van der Waals surface area (Å²) in [5.41, 5.74) is 6.54. The molecule has 4 heterocycles. The maximum atomic E-state index is 12.6. The molecular formula is C18H18N6O3S. The van der Waals surface area contributed by atoms with Crippen molar-refractivity contribution in [2.75, 3.05) is 48.9 Å². The number of urea groups is 1. The van der Waals surface area contributed by atoms with Crippen LogP contribution >= 0.6 is 11.3 Å². The van der Waals surface area contributed by atoms with Crippen molar-refractivity contribution in [1.29, 1.82) is 0 Å². The lowest BCUT2D eigenvalue weighted by Gasteiger charge is -2.35. The van der Waals surface area contributed by atoms with Crippen LogP contribution in [0.25, 0.3) is 10.2 Å². The molecule has 0 saturated carbocycles. The summed E-state index contributed by atoms with van der Waals surface area (Å²) in [7, 11) is 0. The predicted molar refractivity (Wildman–Crippen MR) is 107 cm³/mol. The summed E-state index contributed by atoms with van der Waals surface area (Å²) in [6.45, 7) is 2.74. The molecule has 2 aromatic heterocycles. The average Bonchev–Trinajstić information content (AvgIpc) is 3.36. The Bertz CT molecular complexity index is 1050. The summed E-state index contributed by atoms with van der Waals surface area (Å²) in [6, 6.07) is 7.24. The third-order valence-electron chi connectivity index (χ3n) is 4.81. The number of hydrogen-bond donors (Lipinski definition) is 2. The molecular weight excluding hydrogens is 380 g/mol. The number of piperazine rings is 1. The standard InChI is InChI=1S/C18H18N6O3S/c19-17-21-15(12-3-8-28-16(12)22-17)23-4-6-24(7-5-23)18(25)20-11-1-2-13-14(9-11)27-10-26-13/h1-3,8-9H,4-7,10H2,(H,20,25)(H2,19,21,22). The van der Waals surface area contributed by atoms with E-state index in [1.807, 2.05) is 11.4 Å². The van der Waals surface area contributed by atoms with Crippen molar-refractivity contribution in [3.8, 4) is 11.5 Å². The maximum absolute atomic E-state index is 12.6. The van der Waals surface area contributed by atoms with Gasteiger partial charge in [0, 0.05) is 37.9 Å². The second kappa shape index (κ2) is 6.71. The number of thiophene rings is 1. The summed E-state index contributed by atoms with van der Waals surface area (Å²) in [5, 5.41) is 5.90. The Labute approximate surface area is 164 Å². The smallest absolute Gasteiger partial charge is 0.321 e. The Morgan fingerprint density at radius 2 is 1.93 bits per heavy atom. The second-order valence-electron chi connectivity index (χ2n) is 6.52. The first-order valence-corrected chi connectivity index (χ1v) is 9.76. The molecule has 0 atom stereocenters. The Morgan fingerprint density at radius 1 is 1.11 bits per heavy atom. The molecule has 5 rings (SSSR count). The molecule has 28 heavy (non-hydrogen) atoms. The van der Waals surface area contributed by atoms with Gasteiger partial charge in [-0.3, -0.25) is 0 Å². The number of rotatable bonds is 2. The van der Waals surface area contributed by atoms with Gasteiger partial charge in [0.15, 0.2) is 11.5 Å². The van der Waals surface area contributed by atoms with E-state index in [4.69, 9.17) is 15.2 Å². The van der Waals surface area contributed by atoms with E-state index in [-0.39, 0.29) is 18.8 Å². The van der Waals surface area contributed by atoms with E-state index in [9.17, 15) is 4.79 Å². The zero-order valence-corrected chi connectivity index (χ0v) is 15.7. The van der Waals surface area contributed by atoms with Crippen LogP contribution in [-0.4, -0.2) is 53.9 Å². The molecule has 0 aliphatic carbocycles. The molecule has 1 saturated heterocycles. The predicted octanol–water partition coefficient (Wildman–Crippen LogP) is 2.36. The quantitative estimate of drug-likeness (QED) is 0.682. The van der Waals surface area contributed by atoms with Crippen molar-refractivity contribution in [3.05, 3.63) is 29.6 Å². The number of hydrogen-bond acceptors (Lipinski definition) is 8. The fraction of sp³-hybridized carbons (Fsp3) is 0.278. The van der Waals surface area contributed by atoms with Crippen molar-refractivity contribution < 1.29 is 14.3 Å². The fourth-order valence-corrected chi connectivity index (χ4v) is 4.16. The van der Waals surface area contributed by atoms with Crippen molar-refractivity contribution in [2.24, 2.45) is 0 Å². The van der Waals surface area contributed by atoms with E-state index in [2.05, 4.69) is 20.2 Å². The van der Waals surface area contributed by atoms with Gasteiger partial charge in [-0.05, 0) is 23.6 Å². The zero-order chi connectivity index (χ0) is 19.1. The third-order valence-corrected chi connectivity index (χ3v) is 5.62. The maximum Gasteiger partial charge on any atom is 0.321 e. The van der Waals surface area contributed by atoms with E-state index in [1.165, 1.54) is 0 Å². The molecule has 2 aliphatic heterocycles. The molecule has 144 valence electrons. The Hall–Kier alpha value is -3.27. The third kappa shape index (κ3) is 3.01. The molecule has 1 aromatic carbocycles. The first-order chi connectivity index (χ1) is 13.7. The molecule has 10 heteroatoms. The van der Waals surface area contributed by atoms with Gasteiger partial charge in [0.25, 0.3) is 0 Å². The molecule has 3 aromatic rings. The Balaban J connectivity index is 1.25. The Kier molecular flexibility index (Phi) is 4.05. The highest BCUT2D eigenvalue weighted by Crippen LogP contribution is 2.34. The van der Waals surface area contributed by atoms with E-state index >= 15 is 0 Å². The van der Waals surface area contributed by atoms with E-state index in [0.29, 0.717) is 43.4 Å². The summed E-state index contributed by atoms with van der Waals surface area (Å²) in [4.78, 5) is 26.1. The minimum atomic E-state index is -0.138. The number of fused-ring (bicyclic) bond motifs is 2. The van der Waals surface area contributed by atoms with Crippen molar-refractivity contribution >= 4 is 45.0 Å². The molecule has 1 fully saturated rings. The van der Waals surface area contributed by atoms with Crippen LogP contribution in [0.2, 0.25) is 0 Å². The highest BCUT2D eigenvalue weighted by Gasteiger charge is 2.24. The molecule has 2 aliphatic rings. The number of nitrogens with zero attached hydrogens (tertiary/aromatic N) is 4. The summed E-state index contributed by atoms with van der Waals surface area (Å²) in [6.07, 6.45) is 0. The van der Waals surface area contributed by atoms with Gasteiger partial charge in [0.2, 0.25) is 12.7 Å². The van der Waals surface area contributed by atoms with Crippen LogP contribution in [0.1, 0.15) is 0 Å². The lowest BCUT2D eigenvalue weighted by molar-refractivity contribution is 0.174. The van der Waals surface area contributed by atoms with Gasteiger partial charge in [0.1, 0.15) is 10.6 Å². The van der Waals surface area contributed by atoms with Crippen LogP contribution in [-0.2, 0) is 0 Å². The van der Waals surface area contributed by atoms with Crippen LogP contribution in [0.4, 0.5) is 22.2 Å². The molecule has 0 unspecified atom stereocenters. The second-order valence-corrected chi connectivity index (χ2v) is 7.41. The van der Waals surface area contributed by atoms with Crippen molar-refractivity contribution in [3.63, 3.8) is 0 Å². The van der Waals surface area contributed by atoms with Gasteiger partial charge >= 0.3 is 6.03 Å². The minimum Gasteiger partial charge on any atom is -0.454 e. The lowest BCUT2D eigenvalue weighted by Crippen LogP contribution is -2.50. The number of benzene rings is 1. The molecule has 0 radical (unpaired) electrons. The normalized spacial score (nSPS) is 15.9. The van der Waals surface area contributed by atoms with Gasteiger partial charge < -0.3 is 30.3 Å². The van der Waals surface area contributed by atoms with Crippen molar-refractivity contribution in [1.82, 2.24) is 14.9 Å². The number of ether oxygens (including phenoxy) is 2. The number of nitrogens with two attached hydrogens (primary N) is 1. The van der Waals surface area contributed by atoms with Crippen LogP contribution in [0.3, 0.4) is 0 Å². The van der Waals surface area contributed by atoms with Gasteiger partial charge in [0.05, 0.1) is 5.39 Å². The monoisotopic (exact) mass is 398 g/mol. The number of carbonyl (C=O) groups excluding carboxylic acids is 1. The van der Waals surface area contributed by atoms with Gasteiger partial charge in [-0.15, -0.1) is 11.3 Å². The molecule has 9 nitrogen and oxygen atoms in total. The number of aromatic nitrogens is 2. The van der Waals surface area contributed by atoms with Gasteiger partial charge in [-0.1, -0.05) is 0 Å². The highest BCUT2D eigenvalue weighted by molar-refractivity contribution is 7.16. The summed E-state index contributed by atoms with van der Waals surface area (Å²) in [5.74, 6) is 2.44. The highest BCUT2D eigenvalue weighted by atomic mass is 32.1. The molecule has 3 N–H and O–H groups in total. The SMILES string of the molecule is Nc1nc(N2CCN(C(=O)Nc3ccc4c(c3)OCO4)CC2)c2ccsc2n1. The number of nitrogens with one attached hydrogen (secondary N) is 1. The number of amides is 2. The first-order valence-electron chi connectivity index (χ1n) is 8.88. The Morgan fingerprint density at radius 3 is 2.79 bits per heavy atom. The van der Waals surface area contributed by atoms with Crippen molar-refractivity contribution in [2.45, 2.75) is 0 Å². The lowest BCUT2D eigenvalue weighted by atomic mass is 10.2. The summed E-state index contributed by atoms with van der Waals surface area (Å²) >= 11 is 1.54. The van der Waals surface area contributed by atoms with Gasteiger partial charge in [-0.25, -0.2) is 9.78 Å². The van der Waals surface area contributed by atoms with Gasteiger partial charge in [-0.2, -0.15) is 4.98 Å². The molecule has 0 spiro atoms. The van der Waals surface area contributed by atoms with Crippen LogP contribution in [0.5, 0.6) is 11.5 Å². The number of anilines is 3.